The van der Waals surface area contributed by atoms with Crippen molar-refractivity contribution < 1.29 is 14.6 Å². The molecule has 1 aliphatic rings. The molecule has 0 aliphatic heterocycles. The summed E-state index contributed by atoms with van der Waals surface area (Å²) >= 11 is 0. The van der Waals surface area contributed by atoms with E-state index in [-0.39, 0.29) is 18.0 Å². The van der Waals surface area contributed by atoms with Gasteiger partial charge in [0.05, 0.1) is 12.7 Å². The molecule has 0 radical (unpaired) electrons. The number of carbonyl (C=O) groups is 1. The fraction of sp³-hybridized carbons (Fsp3) is 0.727. The van der Waals surface area contributed by atoms with E-state index in [1.807, 2.05) is 0 Å². The van der Waals surface area contributed by atoms with E-state index in [1.165, 1.54) is 0 Å². The predicted octanol–water partition coefficient (Wildman–Crippen LogP) is 1.66. The first-order valence-corrected chi connectivity index (χ1v) is 5.19. The number of hydrogen-bond donors (Lipinski definition) is 1. The largest absolute Gasteiger partial charge is 0.463 e. The molecule has 0 unspecified atom stereocenters. The highest BCUT2D eigenvalue weighted by atomic mass is 16.5. The first-order chi connectivity index (χ1) is 6.65. The zero-order valence-electron chi connectivity index (χ0n) is 8.66. The summed E-state index contributed by atoms with van der Waals surface area (Å²) in [6.07, 6.45) is 3.11. The number of hydrogen-bond acceptors (Lipinski definition) is 3. The molecule has 0 amide bonds. The van der Waals surface area contributed by atoms with Crippen molar-refractivity contribution in [3.63, 3.8) is 0 Å². The summed E-state index contributed by atoms with van der Waals surface area (Å²) < 4.78 is 4.87. The van der Waals surface area contributed by atoms with E-state index >= 15 is 0 Å². The van der Waals surface area contributed by atoms with Crippen LogP contribution in [0.3, 0.4) is 0 Å². The Labute approximate surface area is 84.8 Å². The smallest absolute Gasteiger partial charge is 0.333 e. The second-order valence-electron chi connectivity index (χ2n) is 3.76. The minimum absolute atomic E-state index is 0.109. The average molecular weight is 198 g/mol. The van der Waals surface area contributed by atoms with Gasteiger partial charge in [0.2, 0.25) is 0 Å². The molecule has 80 valence electrons. The van der Waals surface area contributed by atoms with Crippen molar-refractivity contribution in [2.24, 2.45) is 5.92 Å². The lowest BCUT2D eigenvalue weighted by molar-refractivity contribution is -0.139. The number of carbonyl (C=O) groups excluding carboxylic acids is 1. The SMILES string of the molecule is C=C(C(=O)OCC)[C@H]1CCC[C@@H](O)C1. The van der Waals surface area contributed by atoms with Gasteiger partial charge in [-0.15, -0.1) is 0 Å². The summed E-state index contributed by atoms with van der Waals surface area (Å²) in [5.74, 6) is -0.204. The fourth-order valence-electron chi connectivity index (χ4n) is 1.87. The molecule has 14 heavy (non-hydrogen) atoms. The normalized spacial score (nSPS) is 27.0. The quantitative estimate of drug-likeness (QED) is 0.554. The Kier molecular flexibility index (Phi) is 4.14. The van der Waals surface area contributed by atoms with Gasteiger partial charge < -0.3 is 9.84 Å². The first-order valence-electron chi connectivity index (χ1n) is 5.19. The monoisotopic (exact) mass is 198 g/mol. The molecule has 0 aromatic carbocycles. The molecule has 0 aromatic rings. The molecule has 0 saturated heterocycles. The third kappa shape index (κ3) is 2.84. The minimum atomic E-state index is -0.313. The first kappa shape index (κ1) is 11.2. The number of ether oxygens (including phenoxy) is 1. The fourth-order valence-corrected chi connectivity index (χ4v) is 1.87. The number of rotatable bonds is 3. The highest BCUT2D eigenvalue weighted by molar-refractivity contribution is 5.88. The van der Waals surface area contributed by atoms with Crippen LogP contribution in [0.4, 0.5) is 0 Å². The van der Waals surface area contributed by atoms with Gasteiger partial charge in [-0.3, -0.25) is 0 Å². The lowest BCUT2D eigenvalue weighted by atomic mass is 9.83. The summed E-state index contributed by atoms with van der Waals surface area (Å²) in [6, 6.07) is 0. The van der Waals surface area contributed by atoms with Gasteiger partial charge in [0.25, 0.3) is 0 Å². The Morgan fingerprint density at radius 1 is 1.57 bits per heavy atom. The maximum absolute atomic E-state index is 11.3. The molecule has 1 fully saturated rings. The maximum Gasteiger partial charge on any atom is 0.333 e. The van der Waals surface area contributed by atoms with E-state index in [4.69, 9.17) is 4.74 Å². The van der Waals surface area contributed by atoms with E-state index in [0.29, 0.717) is 18.6 Å². The topological polar surface area (TPSA) is 46.5 Å². The molecule has 0 heterocycles. The van der Waals surface area contributed by atoms with Crippen LogP contribution in [0.25, 0.3) is 0 Å². The van der Waals surface area contributed by atoms with E-state index < -0.39 is 0 Å². The lowest BCUT2D eigenvalue weighted by Gasteiger charge is -2.26. The second kappa shape index (κ2) is 5.15. The van der Waals surface area contributed by atoms with E-state index in [0.717, 1.165) is 19.3 Å². The zero-order chi connectivity index (χ0) is 10.6. The van der Waals surface area contributed by atoms with Gasteiger partial charge in [-0.05, 0) is 32.1 Å². The van der Waals surface area contributed by atoms with Crippen LogP contribution >= 0.6 is 0 Å². The third-order valence-corrected chi connectivity index (χ3v) is 2.68. The van der Waals surface area contributed by atoms with Gasteiger partial charge in [-0.2, -0.15) is 0 Å². The number of aliphatic hydroxyl groups is 1. The van der Waals surface area contributed by atoms with Crippen molar-refractivity contribution in [1.82, 2.24) is 0 Å². The molecule has 2 atom stereocenters. The Morgan fingerprint density at radius 2 is 2.29 bits per heavy atom. The molecule has 1 N–H and O–H groups in total. The van der Waals surface area contributed by atoms with Crippen molar-refractivity contribution in [3.05, 3.63) is 12.2 Å². The van der Waals surface area contributed by atoms with Crippen LogP contribution in [0, 0.1) is 5.92 Å². The standard InChI is InChI=1S/C11H18O3/c1-3-14-11(13)8(2)9-5-4-6-10(12)7-9/h9-10,12H,2-7H2,1H3/t9-,10+/m0/s1. The van der Waals surface area contributed by atoms with Crippen molar-refractivity contribution in [1.29, 1.82) is 0 Å². The van der Waals surface area contributed by atoms with Crippen LogP contribution in [0.5, 0.6) is 0 Å². The highest BCUT2D eigenvalue weighted by Gasteiger charge is 2.26. The summed E-state index contributed by atoms with van der Waals surface area (Å²) in [6.45, 7) is 5.91. The molecular formula is C11H18O3. The van der Waals surface area contributed by atoms with Crippen LogP contribution < -0.4 is 0 Å². The summed E-state index contributed by atoms with van der Waals surface area (Å²) in [5.41, 5.74) is 0.519. The second-order valence-corrected chi connectivity index (χ2v) is 3.76. The number of aliphatic hydroxyl groups excluding tert-OH is 1. The Morgan fingerprint density at radius 3 is 2.86 bits per heavy atom. The van der Waals surface area contributed by atoms with Crippen LogP contribution in [0.1, 0.15) is 32.6 Å². The van der Waals surface area contributed by atoms with Gasteiger partial charge in [-0.25, -0.2) is 4.79 Å². The predicted molar refractivity (Wildman–Crippen MR) is 53.7 cm³/mol. The maximum atomic E-state index is 11.3. The van der Waals surface area contributed by atoms with Crippen LogP contribution in [-0.4, -0.2) is 23.8 Å². The minimum Gasteiger partial charge on any atom is -0.463 e. The molecular weight excluding hydrogens is 180 g/mol. The van der Waals surface area contributed by atoms with E-state index in [9.17, 15) is 9.90 Å². The number of esters is 1. The summed E-state index contributed by atoms with van der Waals surface area (Å²) in [7, 11) is 0. The molecule has 3 nitrogen and oxygen atoms in total. The van der Waals surface area contributed by atoms with Crippen molar-refractivity contribution in [2.75, 3.05) is 6.61 Å². The van der Waals surface area contributed by atoms with Gasteiger partial charge in [0.15, 0.2) is 0 Å². The summed E-state index contributed by atoms with van der Waals surface area (Å²) in [4.78, 5) is 11.3. The summed E-state index contributed by atoms with van der Waals surface area (Å²) in [5, 5.41) is 9.45. The molecule has 1 rings (SSSR count). The van der Waals surface area contributed by atoms with E-state index in [2.05, 4.69) is 6.58 Å². The molecule has 0 bridgehead atoms. The van der Waals surface area contributed by atoms with Crippen LogP contribution in [-0.2, 0) is 9.53 Å². The van der Waals surface area contributed by atoms with Crippen molar-refractivity contribution in [3.8, 4) is 0 Å². The molecule has 1 aliphatic carbocycles. The van der Waals surface area contributed by atoms with Crippen molar-refractivity contribution >= 4 is 5.97 Å². The van der Waals surface area contributed by atoms with Gasteiger partial charge >= 0.3 is 5.97 Å². The molecule has 0 spiro atoms. The van der Waals surface area contributed by atoms with Gasteiger partial charge in [0.1, 0.15) is 0 Å². The van der Waals surface area contributed by atoms with Crippen molar-refractivity contribution in [2.45, 2.75) is 38.7 Å². The third-order valence-electron chi connectivity index (χ3n) is 2.68. The van der Waals surface area contributed by atoms with Gasteiger partial charge in [0, 0.05) is 5.57 Å². The van der Waals surface area contributed by atoms with Gasteiger partial charge in [-0.1, -0.05) is 13.0 Å². The molecule has 3 heteroatoms. The Bertz CT molecular complexity index is 223. The zero-order valence-corrected chi connectivity index (χ0v) is 8.66. The van der Waals surface area contributed by atoms with E-state index in [1.54, 1.807) is 6.92 Å². The molecule has 0 aromatic heterocycles. The lowest BCUT2D eigenvalue weighted by Crippen LogP contribution is -2.24. The Hall–Kier alpha value is -0.830. The Balaban J connectivity index is 2.47. The average Bonchev–Trinajstić information content (AvgIpc) is 2.17. The highest BCUT2D eigenvalue weighted by Crippen LogP contribution is 2.29. The molecule has 1 saturated carbocycles. The van der Waals surface area contributed by atoms with Crippen LogP contribution in [0.15, 0.2) is 12.2 Å². The van der Waals surface area contributed by atoms with Crippen LogP contribution in [0.2, 0.25) is 0 Å².